The number of rotatable bonds is 3. The molecule has 1 aromatic carbocycles. The average Bonchev–Trinajstić information content (AvgIpc) is 2.90. The molecule has 4 nitrogen and oxygen atoms in total. The molecule has 1 aliphatic carbocycles. The molecule has 3 rings (SSSR count). The molecule has 0 saturated heterocycles. The summed E-state index contributed by atoms with van der Waals surface area (Å²) in [7, 11) is 1.94. The van der Waals surface area contributed by atoms with Crippen molar-refractivity contribution >= 4 is 0 Å². The monoisotopic (exact) mass is 257 g/mol. The molecule has 1 unspecified atom stereocenters. The lowest BCUT2D eigenvalue weighted by Gasteiger charge is -2.09. The van der Waals surface area contributed by atoms with Gasteiger partial charge in [0.05, 0.1) is 11.4 Å². The van der Waals surface area contributed by atoms with Gasteiger partial charge in [-0.25, -0.2) is 0 Å². The molecule has 19 heavy (non-hydrogen) atoms. The van der Waals surface area contributed by atoms with Crippen molar-refractivity contribution in [1.29, 1.82) is 0 Å². The molecular formula is C15H19N3O. The van der Waals surface area contributed by atoms with Crippen LogP contribution in [-0.2, 0) is 20.1 Å². The highest BCUT2D eigenvalue weighted by Crippen LogP contribution is 2.32. The molecule has 1 aliphatic rings. The first-order valence-corrected chi connectivity index (χ1v) is 6.64. The second-order valence-electron chi connectivity index (χ2n) is 5.20. The van der Waals surface area contributed by atoms with Crippen molar-refractivity contribution in [2.45, 2.75) is 32.4 Å². The van der Waals surface area contributed by atoms with Crippen LogP contribution in [-0.4, -0.2) is 9.78 Å². The van der Waals surface area contributed by atoms with E-state index in [4.69, 9.17) is 10.5 Å². The number of aryl methyl sites for hydroxylation is 3. The molecule has 0 radical (unpaired) electrons. The largest absolute Gasteiger partial charge is 0.487 e. The number of benzene rings is 1. The van der Waals surface area contributed by atoms with Crippen molar-refractivity contribution in [3.05, 3.63) is 46.8 Å². The van der Waals surface area contributed by atoms with Gasteiger partial charge in [0.1, 0.15) is 12.4 Å². The topological polar surface area (TPSA) is 53.1 Å². The van der Waals surface area contributed by atoms with Crippen LogP contribution in [0.2, 0.25) is 0 Å². The molecular weight excluding hydrogens is 238 g/mol. The first-order chi connectivity index (χ1) is 9.13. The van der Waals surface area contributed by atoms with E-state index in [-0.39, 0.29) is 6.04 Å². The fraction of sp³-hybridized carbons (Fsp3) is 0.400. The van der Waals surface area contributed by atoms with Crippen LogP contribution in [0.4, 0.5) is 0 Å². The van der Waals surface area contributed by atoms with Crippen LogP contribution in [0, 0.1) is 6.92 Å². The maximum atomic E-state index is 6.03. The Kier molecular flexibility index (Phi) is 3.03. The van der Waals surface area contributed by atoms with E-state index < -0.39 is 0 Å². The third kappa shape index (κ3) is 2.36. The predicted octanol–water partition coefficient (Wildman–Crippen LogP) is 2.25. The van der Waals surface area contributed by atoms with Crippen molar-refractivity contribution in [3.8, 4) is 5.75 Å². The van der Waals surface area contributed by atoms with E-state index in [1.54, 1.807) is 0 Å². The zero-order valence-corrected chi connectivity index (χ0v) is 11.4. The summed E-state index contributed by atoms with van der Waals surface area (Å²) in [4.78, 5) is 0. The van der Waals surface area contributed by atoms with Crippen LogP contribution in [0.3, 0.4) is 0 Å². The summed E-state index contributed by atoms with van der Waals surface area (Å²) < 4.78 is 7.70. The predicted molar refractivity (Wildman–Crippen MR) is 74.0 cm³/mol. The molecule has 0 bridgehead atoms. The van der Waals surface area contributed by atoms with Gasteiger partial charge in [0.15, 0.2) is 0 Å². The molecule has 2 N–H and O–H groups in total. The van der Waals surface area contributed by atoms with Gasteiger partial charge < -0.3 is 10.5 Å². The van der Waals surface area contributed by atoms with Crippen molar-refractivity contribution in [3.63, 3.8) is 0 Å². The highest BCUT2D eigenvalue weighted by atomic mass is 16.5. The molecule has 0 spiro atoms. The van der Waals surface area contributed by atoms with Crippen molar-refractivity contribution < 1.29 is 4.74 Å². The Labute approximate surface area is 113 Å². The van der Waals surface area contributed by atoms with Gasteiger partial charge in [-0.2, -0.15) is 5.10 Å². The number of hydrogen-bond donors (Lipinski definition) is 1. The van der Waals surface area contributed by atoms with E-state index in [1.807, 2.05) is 30.8 Å². The lowest BCUT2D eigenvalue weighted by Crippen LogP contribution is -2.05. The van der Waals surface area contributed by atoms with Crippen LogP contribution in [0.1, 0.15) is 35.0 Å². The number of fused-ring (bicyclic) bond motifs is 1. The van der Waals surface area contributed by atoms with E-state index in [1.165, 1.54) is 11.1 Å². The van der Waals surface area contributed by atoms with Gasteiger partial charge in [-0.3, -0.25) is 4.68 Å². The summed E-state index contributed by atoms with van der Waals surface area (Å²) in [6.07, 6.45) is 2.10. The van der Waals surface area contributed by atoms with Gasteiger partial charge in [0.25, 0.3) is 0 Å². The van der Waals surface area contributed by atoms with Crippen LogP contribution < -0.4 is 10.5 Å². The highest BCUT2D eigenvalue weighted by molar-refractivity contribution is 5.40. The summed E-state index contributed by atoms with van der Waals surface area (Å²) in [6, 6.07) is 8.46. The van der Waals surface area contributed by atoms with E-state index in [0.29, 0.717) is 6.61 Å². The van der Waals surface area contributed by atoms with E-state index in [2.05, 4.69) is 17.2 Å². The van der Waals surface area contributed by atoms with Gasteiger partial charge in [-0.1, -0.05) is 6.07 Å². The van der Waals surface area contributed by atoms with E-state index in [0.717, 1.165) is 30.0 Å². The lowest BCUT2D eigenvalue weighted by molar-refractivity contribution is 0.294. The van der Waals surface area contributed by atoms with Crippen LogP contribution in [0.15, 0.2) is 24.3 Å². The van der Waals surface area contributed by atoms with Gasteiger partial charge >= 0.3 is 0 Å². The standard InChI is InChI=1S/C15H19N3O/c1-10-7-12(18(2)17-10)9-19-13-4-5-14-11(8-13)3-6-15(14)16/h4-5,7-8,15H,3,6,9,16H2,1-2H3. The van der Waals surface area contributed by atoms with Crippen molar-refractivity contribution in [2.24, 2.45) is 12.8 Å². The minimum Gasteiger partial charge on any atom is -0.487 e. The first-order valence-electron chi connectivity index (χ1n) is 6.64. The molecule has 0 aliphatic heterocycles. The molecule has 0 fully saturated rings. The Bertz CT molecular complexity index is 603. The molecule has 1 aromatic heterocycles. The van der Waals surface area contributed by atoms with Crippen LogP contribution in [0.25, 0.3) is 0 Å². The highest BCUT2D eigenvalue weighted by Gasteiger charge is 2.19. The fourth-order valence-corrected chi connectivity index (χ4v) is 2.67. The van der Waals surface area contributed by atoms with Crippen LogP contribution >= 0.6 is 0 Å². The zero-order valence-electron chi connectivity index (χ0n) is 11.4. The summed E-state index contributed by atoms with van der Waals surface area (Å²) in [5.41, 5.74) is 10.7. The number of nitrogens with two attached hydrogens (primary N) is 1. The summed E-state index contributed by atoms with van der Waals surface area (Å²) in [5, 5.41) is 4.31. The Morgan fingerprint density at radius 1 is 1.42 bits per heavy atom. The normalized spacial score (nSPS) is 17.5. The lowest BCUT2D eigenvalue weighted by atomic mass is 10.1. The minimum absolute atomic E-state index is 0.198. The van der Waals surface area contributed by atoms with Crippen molar-refractivity contribution in [1.82, 2.24) is 9.78 Å². The van der Waals surface area contributed by atoms with Crippen molar-refractivity contribution in [2.75, 3.05) is 0 Å². The smallest absolute Gasteiger partial charge is 0.130 e. The summed E-state index contributed by atoms with van der Waals surface area (Å²) >= 11 is 0. The van der Waals surface area contributed by atoms with E-state index in [9.17, 15) is 0 Å². The van der Waals surface area contributed by atoms with E-state index >= 15 is 0 Å². The first kappa shape index (κ1) is 12.2. The third-order valence-electron chi connectivity index (χ3n) is 3.72. The maximum absolute atomic E-state index is 6.03. The zero-order chi connectivity index (χ0) is 13.4. The van der Waals surface area contributed by atoms with Gasteiger partial charge in [0.2, 0.25) is 0 Å². The molecule has 1 atom stereocenters. The maximum Gasteiger partial charge on any atom is 0.130 e. The Balaban J connectivity index is 1.73. The fourth-order valence-electron chi connectivity index (χ4n) is 2.67. The Morgan fingerprint density at radius 3 is 3.00 bits per heavy atom. The SMILES string of the molecule is Cc1cc(COc2ccc3c(c2)CCC3N)n(C)n1. The van der Waals surface area contributed by atoms with Gasteiger partial charge in [0, 0.05) is 13.1 Å². The number of aromatic nitrogens is 2. The summed E-state index contributed by atoms with van der Waals surface area (Å²) in [5.74, 6) is 0.909. The number of nitrogens with zero attached hydrogens (tertiary/aromatic N) is 2. The second kappa shape index (κ2) is 4.70. The minimum atomic E-state index is 0.198. The molecule has 0 amide bonds. The molecule has 4 heteroatoms. The number of hydrogen-bond acceptors (Lipinski definition) is 3. The Morgan fingerprint density at radius 2 is 2.26 bits per heavy atom. The Hall–Kier alpha value is -1.81. The van der Waals surface area contributed by atoms with Gasteiger partial charge in [-0.15, -0.1) is 0 Å². The quantitative estimate of drug-likeness (QED) is 0.917. The average molecular weight is 257 g/mol. The molecule has 0 saturated carbocycles. The van der Waals surface area contributed by atoms with Crippen LogP contribution in [0.5, 0.6) is 5.75 Å². The van der Waals surface area contributed by atoms with Gasteiger partial charge in [-0.05, 0) is 49.1 Å². The number of ether oxygens (including phenoxy) is 1. The summed E-state index contributed by atoms with van der Waals surface area (Å²) in [6.45, 7) is 2.53. The molecule has 1 heterocycles. The second-order valence-corrected chi connectivity index (χ2v) is 5.20. The third-order valence-corrected chi connectivity index (χ3v) is 3.72. The molecule has 2 aromatic rings. The molecule has 100 valence electrons.